The summed E-state index contributed by atoms with van der Waals surface area (Å²) in [7, 11) is 1.95. The Balaban J connectivity index is 1.44. The lowest BCUT2D eigenvalue weighted by molar-refractivity contribution is 0.0936. The number of hydrogen-bond donors (Lipinski definition) is 1. The molecule has 8 heteroatoms. The largest absolute Gasteiger partial charge is 0.377 e. The van der Waals surface area contributed by atoms with Crippen LogP contribution >= 0.6 is 0 Å². The zero-order valence-electron chi connectivity index (χ0n) is 16.8. The van der Waals surface area contributed by atoms with Crippen LogP contribution in [0.3, 0.4) is 0 Å². The van der Waals surface area contributed by atoms with Crippen LogP contribution < -0.4 is 9.80 Å². The minimum Gasteiger partial charge on any atom is -0.377 e. The average Bonchev–Trinajstić information content (AvgIpc) is 3.42. The summed E-state index contributed by atoms with van der Waals surface area (Å²) in [5.74, 6) is 1.75. The quantitative estimate of drug-likeness (QED) is 0.569. The second-order valence-electron chi connectivity index (χ2n) is 7.97. The number of ether oxygens (including phenoxy) is 1. The molecule has 0 amide bonds. The van der Waals surface area contributed by atoms with E-state index in [1.165, 1.54) is 5.56 Å². The lowest BCUT2D eigenvalue weighted by Crippen LogP contribution is -2.55. The van der Waals surface area contributed by atoms with Gasteiger partial charge in [-0.2, -0.15) is 5.10 Å². The first-order chi connectivity index (χ1) is 14.8. The van der Waals surface area contributed by atoms with E-state index in [9.17, 15) is 0 Å². The van der Waals surface area contributed by atoms with E-state index >= 15 is 0 Å². The smallest absolute Gasteiger partial charge is 0.162 e. The van der Waals surface area contributed by atoms with Gasteiger partial charge in [-0.05, 0) is 12.1 Å². The van der Waals surface area contributed by atoms with Crippen molar-refractivity contribution < 1.29 is 4.74 Å². The van der Waals surface area contributed by atoms with Gasteiger partial charge in [0.2, 0.25) is 0 Å². The van der Waals surface area contributed by atoms with E-state index in [4.69, 9.17) is 14.7 Å². The van der Waals surface area contributed by atoms with Crippen molar-refractivity contribution in [3.63, 3.8) is 0 Å². The van der Waals surface area contributed by atoms with Gasteiger partial charge in [0.1, 0.15) is 0 Å². The maximum absolute atomic E-state index is 5.79. The molecule has 1 saturated heterocycles. The normalized spacial score (nSPS) is 18.5. The minimum atomic E-state index is 0.286. The number of nitrogens with one attached hydrogen (secondary N) is 1. The second kappa shape index (κ2) is 6.84. The van der Waals surface area contributed by atoms with E-state index in [1.807, 2.05) is 36.4 Å². The van der Waals surface area contributed by atoms with Crippen molar-refractivity contribution in [3.05, 3.63) is 54.6 Å². The molecule has 0 saturated carbocycles. The summed E-state index contributed by atoms with van der Waals surface area (Å²) < 4.78 is 7.63. The maximum Gasteiger partial charge on any atom is 0.162 e. The molecule has 0 radical (unpaired) electrons. The van der Waals surface area contributed by atoms with Gasteiger partial charge in [0.15, 0.2) is 11.6 Å². The molecule has 1 N–H and O–H groups in total. The van der Waals surface area contributed by atoms with Crippen LogP contribution in [0, 0.1) is 0 Å². The summed E-state index contributed by atoms with van der Waals surface area (Å²) >= 11 is 0. The number of fused-ring (bicyclic) bond motifs is 4. The number of aromatic nitrogens is 5. The standard InChI is InChI=1S/C22H23N7O/c1-27-11-15(9-25-27)12-28-13-16-14-30-8-7-29(16)22-20(28)10-24-21(26-22)18-3-2-4-19-17(18)5-6-23-19/h2-6,9-11,16,23H,7-8,12-14H2,1H3/t16-/m1/s1. The lowest BCUT2D eigenvalue weighted by Gasteiger charge is -2.45. The van der Waals surface area contributed by atoms with Gasteiger partial charge in [0.05, 0.1) is 37.3 Å². The van der Waals surface area contributed by atoms with Gasteiger partial charge < -0.3 is 19.5 Å². The SMILES string of the molecule is Cn1cc(CN2C[C@@H]3COCCN3c3nc(-c4cccc5[nH]ccc45)ncc32)cn1. The summed E-state index contributed by atoms with van der Waals surface area (Å²) in [6.07, 6.45) is 7.92. The molecule has 2 aliphatic heterocycles. The topological polar surface area (TPSA) is 75.1 Å². The molecule has 152 valence electrons. The van der Waals surface area contributed by atoms with E-state index in [2.05, 4.69) is 44.3 Å². The third-order valence-electron chi connectivity index (χ3n) is 5.99. The average molecular weight is 401 g/mol. The van der Waals surface area contributed by atoms with Crippen LogP contribution in [-0.4, -0.2) is 57.1 Å². The molecule has 4 aromatic rings. The van der Waals surface area contributed by atoms with Gasteiger partial charge in [0.25, 0.3) is 0 Å². The van der Waals surface area contributed by atoms with Crippen LogP contribution in [-0.2, 0) is 18.3 Å². The number of H-pyrrole nitrogens is 1. The molecule has 1 aromatic carbocycles. The summed E-state index contributed by atoms with van der Waals surface area (Å²) in [6, 6.07) is 8.58. The molecule has 3 aromatic heterocycles. The Bertz CT molecular complexity index is 1210. The fraction of sp³-hybridized carbons (Fsp3) is 0.318. The van der Waals surface area contributed by atoms with E-state index in [1.54, 1.807) is 0 Å². The molecule has 5 heterocycles. The second-order valence-corrected chi connectivity index (χ2v) is 7.97. The maximum atomic E-state index is 5.79. The van der Waals surface area contributed by atoms with Crippen molar-refractivity contribution >= 4 is 22.4 Å². The molecule has 0 unspecified atom stereocenters. The zero-order valence-corrected chi connectivity index (χ0v) is 16.8. The number of anilines is 2. The molecule has 0 aliphatic carbocycles. The van der Waals surface area contributed by atoms with Crippen LogP contribution in [0.4, 0.5) is 11.5 Å². The first kappa shape index (κ1) is 17.5. The molecule has 1 fully saturated rings. The van der Waals surface area contributed by atoms with E-state index in [0.29, 0.717) is 0 Å². The van der Waals surface area contributed by atoms with Gasteiger partial charge in [-0.1, -0.05) is 12.1 Å². The first-order valence-corrected chi connectivity index (χ1v) is 10.3. The van der Waals surface area contributed by atoms with Gasteiger partial charge in [-0.15, -0.1) is 0 Å². The minimum absolute atomic E-state index is 0.286. The molecule has 6 rings (SSSR count). The Morgan fingerprint density at radius 2 is 2.20 bits per heavy atom. The zero-order chi connectivity index (χ0) is 20.1. The van der Waals surface area contributed by atoms with Crippen molar-refractivity contribution in [2.45, 2.75) is 12.6 Å². The number of benzene rings is 1. The van der Waals surface area contributed by atoms with E-state index in [-0.39, 0.29) is 6.04 Å². The lowest BCUT2D eigenvalue weighted by atomic mass is 10.1. The van der Waals surface area contributed by atoms with Crippen LogP contribution in [0.15, 0.2) is 49.1 Å². The molecule has 0 spiro atoms. The van der Waals surface area contributed by atoms with Crippen molar-refractivity contribution in [2.24, 2.45) is 7.05 Å². The van der Waals surface area contributed by atoms with Crippen LogP contribution in [0.1, 0.15) is 5.56 Å². The van der Waals surface area contributed by atoms with Crippen molar-refractivity contribution in [2.75, 3.05) is 36.1 Å². The number of morpholine rings is 1. The Hall–Kier alpha value is -3.39. The van der Waals surface area contributed by atoms with Crippen LogP contribution in [0.25, 0.3) is 22.3 Å². The summed E-state index contributed by atoms with van der Waals surface area (Å²) in [4.78, 5) is 17.9. The number of rotatable bonds is 3. The molecule has 30 heavy (non-hydrogen) atoms. The Morgan fingerprint density at radius 1 is 1.23 bits per heavy atom. The van der Waals surface area contributed by atoms with E-state index in [0.717, 1.165) is 66.6 Å². The summed E-state index contributed by atoms with van der Waals surface area (Å²) in [5, 5.41) is 5.46. The van der Waals surface area contributed by atoms with Gasteiger partial charge in [0, 0.05) is 61.1 Å². The molecule has 8 nitrogen and oxygen atoms in total. The summed E-state index contributed by atoms with van der Waals surface area (Å²) in [6.45, 7) is 3.96. The monoisotopic (exact) mass is 401 g/mol. The molecular formula is C22H23N7O. The molecule has 2 aliphatic rings. The van der Waals surface area contributed by atoms with Crippen molar-refractivity contribution in [1.29, 1.82) is 0 Å². The predicted molar refractivity (Wildman–Crippen MR) is 116 cm³/mol. The highest BCUT2D eigenvalue weighted by Gasteiger charge is 2.35. The Kier molecular flexibility index (Phi) is 3.98. The third-order valence-corrected chi connectivity index (χ3v) is 5.99. The highest BCUT2D eigenvalue weighted by Crippen LogP contribution is 2.37. The van der Waals surface area contributed by atoms with E-state index < -0.39 is 0 Å². The molecular weight excluding hydrogens is 378 g/mol. The van der Waals surface area contributed by atoms with Gasteiger partial charge in [-0.3, -0.25) is 4.68 Å². The Labute approximate surface area is 174 Å². The molecule has 0 bridgehead atoms. The molecule has 1 atom stereocenters. The summed E-state index contributed by atoms with van der Waals surface area (Å²) in [5.41, 5.74) is 4.39. The fourth-order valence-electron chi connectivity index (χ4n) is 4.57. The highest BCUT2D eigenvalue weighted by molar-refractivity contribution is 5.93. The number of aromatic amines is 1. The number of aryl methyl sites for hydroxylation is 1. The fourth-order valence-corrected chi connectivity index (χ4v) is 4.57. The van der Waals surface area contributed by atoms with Gasteiger partial charge in [-0.25, -0.2) is 9.97 Å². The van der Waals surface area contributed by atoms with Crippen molar-refractivity contribution in [3.8, 4) is 11.4 Å². The van der Waals surface area contributed by atoms with Crippen molar-refractivity contribution in [1.82, 2.24) is 24.7 Å². The van der Waals surface area contributed by atoms with Crippen LogP contribution in [0.2, 0.25) is 0 Å². The number of nitrogens with zero attached hydrogens (tertiary/aromatic N) is 6. The van der Waals surface area contributed by atoms with Crippen LogP contribution in [0.5, 0.6) is 0 Å². The third kappa shape index (κ3) is 2.83. The number of hydrogen-bond acceptors (Lipinski definition) is 6. The Morgan fingerprint density at radius 3 is 3.10 bits per heavy atom. The van der Waals surface area contributed by atoms with Gasteiger partial charge >= 0.3 is 0 Å². The highest BCUT2D eigenvalue weighted by atomic mass is 16.5. The first-order valence-electron chi connectivity index (χ1n) is 10.3. The predicted octanol–water partition coefficient (Wildman–Crippen LogP) is 2.58.